The van der Waals surface area contributed by atoms with Gasteiger partial charge in [-0.3, -0.25) is 9.36 Å². The third-order valence-corrected chi connectivity index (χ3v) is 4.79. The maximum atomic E-state index is 14.2. The van der Waals surface area contributed by atoms with Gasteiger partial charge in [-0.1, -0.05) is 18.2 Å². The summed E-state index contributed by atoms with van der Waals surface area (Å²) in [5.74, 6) is 0.0837. The van der Waals surface area contributed by atoms with E-state index in [2.05, 4.69) is 4.98 Å². The largest absolute Gasteiger partial charge is 0.396 e. The molecule has 5 nitrogen and oxygen atoms in total. The molecule has 1 heterocycles. The molecule has 6 heteroatoms. The maximum Gasteiger partial charge on any atom is 0.261 e. The Morgan fingerprint density at radius 1 is 1.31 bits per heavy atom. The highest BCUT2D eigenvalue weighted by atomic mass is 19.1. The number of fused-ring (bicyclic) bond motifs is 1. The first-order valence-electron chi connectivity index (χ1n) is 8.52. The lowest BCUT2D eigenvalue weighted by atomic mass is 9.94. The van der Waals surface area contributed by atoms with Crippen molar-refractivity contribution >= 4 is 10.9 Å². The normalized spacial score (nSPS) is 12.5. The molecule has 0 bridgehead atoms. The van der Waals surface area contributed by atoms with Gasteiger partial charge in [0.1, 0.15) is 11.6 Å². The summed E-state index contributed by atoms with van der Waals surface area (Å²) >= 11 is 0. The molecular formula is C20H22FN3O2. The van der Waals surface area contributed by atoms with Crippen molar-refractivity contribution in [3.63, 3.8) is 0 Å². The van der Waals surface area contributed by atoms with E-state index in [1.165, 1.54) is 10.6 Å². The van der Waals surface area contributed by atoms with Gasteiger partial charge < -0.3 is 10.8 Å². The second kappa shape index (κ2) is 7.35. The average Bonchev–Trinajstić information content (AvgIpc) is 2.65. The number of aliphatic hydroxyl groups is 1. The molecule has 0 aliphatic heterocycles. The molecule has 0 amide bonds. The Labute approximate surface area is 150 Å². The molecule has 0 aliphatic rings. The van der Waals surface area contributed by atoms with Crippen LogP contribution in [0.15, 0.2) is 41.2 Å². The van der Waals surface area contributed by atoms with Crippen molar-refractivity contribution in [2.75, 3.05) is 13.2 Å². The predicted molar refractivity (Wildman–Crippen MR) is 100 cm³/mol. The van der Waals surface area contributed by atoms with Crippen LogP contribution in [-0.2, 0) is 13.5 Å². The third kappa shape index (κ3) is 3.25. The average molecular weight is 355 g/mol. The minimum atomic E-state index is -0.345. The van der Waals surface area contributed by atoms with Gasteiger partial charge in [-0.25, -0.2) is 9.37 Å². The Hall–Kier alpha value is -2.57. The highest BCUT2D eigenvalue weighted by Crippen LogP contribution is 2.28. The van der Waals surface area contributed by atoms with E-state index in [0.29, 0.717) is 34.3 Å². The van der Waals surface area contributed by atoms with Crippen molar-refractivity contribution in [1.82, 2.24) is 9.55 Å². The number of benzene rings is 2. The minimum absolute atomic E-state index is 0.0990. The van der Waals surface area contributed by atoms with Gasteiger partial charge in [-0.2, -0.15) is 0 Å². The molecule has 26 heavy (non-hydrogen) atoms. The van der Waals surface area contributed by atoms with Crippen LogP contribution in [-0.4, -0.2) is 27.8 Å². The number of aryl methyl sites for hydroxylation is 1. The Bertz CT molecular complexity index is 1010. The molecule has 3 rings (SSSR count). The summed E-state index contributed by atoms with van der Waals surface area (Å²) in [6.45, 7) is 1.96. The molecular weight excluding hydrogens is 333 g/mol. The van der Waals surface area contributed by atoms with E-state index >= 15 is 0 Å². The molecule has 3 aromatic rings. The van der Waals surface area contributed by atoms with Crippen LogP contribution in [0.2, 0.25) is 0 Å². The highest BCUT2D eigenvalue weighted by Gasteiger charge is 2.15. The summed E-state index contributed by atoms with van der Waals surface area (Å²) in [6, 6.07) is 10.2. The maximum absolute atomic E-state index is 14.2. The first kappa shape index (κ1) is 18.2. The lowest BCUT2D eigenvalue weighted by Gasteiger charge is -2.14. The lowest BCUT2D eigenvalue weighted by Crippen LogP contribution is -2.21. The Kier molecular flexibility index (Phi) is 5.15. The smallest absolute Gasteiger partial charge is 0.261 e. The van der Waals surface area contributed by atoms with Crippen LogP contribution in [0.3, 0.4) is 0 Å². The second-order valence-corrected chi connectivity index (χ2v) is 6.52. The number of hydrogen-bond donors (Lipinski definition) is 2. The van der Waals surface area contributed by atoms with Gasteiger partial charge >= 0.3 is 0 Å². The Balaban J connectivity index is 2.18. The number of nitrogens with two attached hydrogens (primary N) is 1. The number of aliphatic hydroxyl groups excluding tert-OH is 1. The third-order valence-electron chi connectivity index (χ3n) is 4.79. The molecule has 2 aromatic carbocycles. The van der Waals surface area contributed by atoms with Crippen molar-refractivity contribution in [2.24, 2.45) is 18.7 Å². The summed E-state index contributed by atoms with van der Waals surface area (Å²) in [6.07, 6.45) is 0.340. The number of aromatic nitrogens is 2. The van der Waals surface area contributed by atoms with Crippen molar-refractivity contribution < 1.29 is 9.50 Å². The van der Waals surface area contributed by atoms with Crippen molar-refractivity contribution in [3.8, 4) is 11.1 Å². The summed E-state index contributed by atoms with van der Waals surface area (Å²) in [5, 5.41) is 9.85. The van der Waals surface area contributed by atoms with E-state index in [1.54, 1.807) is 32.2 Å². The Morgan fingerprint density at radius 3 is 2.77 bits per heavy atom. The second-order valence-electron chi connectivity index (χ2n) is 6.52. The van der Waals surface area contributed by atoms with E-state index in [-0.39, 0.29) is 30.4 Å². The van der Waals surface area contributed by atoms with Crippen LogP contribution in [0.5, 0.6) is 0 Å². The SMILES string of the molecule is Cc1nc2cccc(-c3ccc(F)c(CC(CN)CO)c3)c2c(=O)n1C. The number of nitrogens with zero attached hydrogens (tertiary/aromatic N) is 2. The molecule has 3 N–H and O–H groups in total. The standard InChI is InChI=1S/C20H22FN3O2/c1-12-23-18-5-3-4-16(19(18)20(26)24(12)2)14-6-7-17(21)15(9-14)8-13(10-22)11-25/h3-7,9,13,25H,8,10-11,22H2,1-2H3. The van der Waals surface area contributed by atoms with Gasteiger partial charge in [-0.15, -0.1) is 0 Å². The van der Waals surface area contributed by atoms with Crippen LogP contribution < -0.4 is 11.3 Å². The number of halogens is 1. The fourth-order valence-corrected chi connectivity index (χ4v) is 3.09. The van der Waals surface area contributed by atoms with E-state index < -0.39 is 0 Å². The van der Waals surface area contributed by atoms with Gasteiger partial charge in [0.15, 0.2) is 0 Å². The molecule has 1 atom stereocenters. The number of hydrogen-bond acceptors (Lipinski definition) is 4. The van der Waals surface area contributed by atoms with Gasteiger partial charge in [-0.05, 0) is 60.7 Å². The summed E-state index contributed by atoms with van der Waals surface area (Å²) in [4.78, 5) is 17.2. The molecule has 1 aromatic heterocycles. The molecule has 1 unspecified atom stereocenters. The first-order chi connectivity index (χ1) is 12.5. The topological polar surface area (TPSA) is 81.1 Å². The van der Waals surface area contributed by atoms with Gasteiger partial charge in [0.25, 0.3) is 5.56 Å². The predicted octanol–water partition coefficient (Wildman–Crippen LogP) is 2.16. The van der Waals surface area contributed by atoms with E-state index in [4.69, 9.17) is 5.73 Å². The quantitative estimate of drug-likeness (QED) is 0.735. The van der Waals surface area contributed by atoms with Crippen LogP contribution in [0, 0.1) is 18.7 Å². The van der Waals surface area contributed by atoms with Gasteiger partial charge in [0.2, 0.25) is 0 Å². The fraction of sp³-hybridized carbons (Fsp3) is 0.300. The molecule has 0 spiro atoms. The zero-order valence-corrected chi connectivity index (χ0v) is 14.9. The molecule has 0 aliphatic carbocycles. The fourth-order valence-electron chi connectivity index (χ4n) is 3.09. The molecule has 0 saturated heterocycles. The highest BCUT2D eigenvalue weighted by molar-refractivity contribution is 5.94. The van der Waals surface area contributed by atoms with Crippen LogP contribution >= 0.6 is 0 Å². The van der Waals surface area contributed by atoms with Crippen molar-refractivity contribution in [3.05, 3.63) is 64.0 Å². The lowest BCUT2D eigenvalue weighted by molar-refractivity contribution is 0.229. The first-order valence-corrected chi connectivity index (χ1v) is 8.52. The van der Waals surface area contributed by atoms with E-state index in [0.717, 1.165) is 5.56 Å². The van der Waals surface area contributed by atoms with E-state index in [1.807, 2.05) is 12.1 Å². The molecule has 0 saturated carbocycles. The van der Waals surface area contributed by atoms with Crippen LogP contribution in [0.25, 0.3) is 22.0 Å². The Morgan fingerprint density at radius 2 is 2.08 bits per heavy atom. The zero-order chi connectivity index (χ0) is 18.8. The number of rotatable bonds is 5. The van der Waals surface area contributed by atoms with Gasteiger partial charge in [0, 0.05) is 13.7 Å². The van der Waals surface area contributed by atoms with E-state index in [9.17, 15) is 14.3 Å². The molecule has 136 valence electrons. The van der Waals surface area contributed by atoms with Crippen LogP contribution in [0.4, 0.5) is 4.39 Å². The summed E-state index contributed by atoms with van der Waals surface area (Å²) in [7, 11) is 1.68. The molecule has 0 fully saturated rings. The summed E-state index contributed by atoms with van der Waals surface area (Å²) in [5.41, 5.74) is 8.03. The summed E-state index contributed by atoms with van der Waals surface area (Å²) < 4.78 is 15.7. The minimum Gasteiger partial charge on any atom is -0.396 e. The monoisotopic (exact) mass is 355 g/mol. The molecule has 0 radical (unpaired) electrons. The van der Waals surface area contributed by atoms with Crippen LogP contribution in [0.1, 0.15) is 11.4 Å². The van der Waals surface area contributed by atoms with Crippen molar-refractivity contribution in [1.29, 1.82) is 0 Å². The van der Waals surface area contributed by atoms with Crippen molar-refractivity contribution in [2.45, 2.75) is 13.3 Å². The zero-order valence-electron chi connectivity index (χ0n) is 14.9. The van der Waals surface area contributed by atoms with Gasteiger partial charge in [0.05, 0.1) is 10.9 Å².